The molecule has 0 saturated carbocycles. The van der Waals surface area contributed by atoms with E-state index in [1.807, 2.05) is 48.5 Å². The van der Waals surface area contributed by atoms with Gasteiger partial charge in [-0.1, -0.05) is 115 Å². The number of oxazole rings is 1. The molecule has 7 aromatic carbocycles. The van der Waals surface area contributed by atoms with Crippen LogP contribution in [0.25, 0.3) is 66.7 Å². The summed E-state index contributed by atoms with van der Waals surface area (Å²) in [5.41, 5.74) is 11.8. The second-order valence-electron chi connectivity index (χ2n) is 11.6. The number of nitrogens with zero attached hydrogens (tertiary/aromatic N) is 2. The summed E-state index contributed by atoms with van der Waals surface area (Å²) < 4.78 is 12.8. The Morgan fingerprint density at radius 1 is 0.404 bits per heavy atom. The number of hydrogen-bond donors (Lipinski definition) is 0. The standard InChI is InChI=1S/C43H28N2O2/c1-4-11-29(12-5-1)30-19-21-31(22-20-30)32-23-25-35(26-24-32)45(34-15-8-3-9-16-34)39-18-10-17-36-37-27-38-41(28-40(37)46-42(36)39)47-43(44-38)33-13-6-2-7-14-33/h1-28H. The van der Waals surface area contributed by atoms with E-state index in [0.717, 1.165) is 55.6 Å². The molecule has 4 nitrogen and oxygen atoms in total. The Labute approximate surface area is 271 Å². The number of para-hydroxylation sites is 2. The van der Waals surface area contributed by atoms with Crippen LogP contribution in [0, 0.1) is 0 Å². The molecule has 9 aromatic rings. The van der Waals surface area contributed by atoms with Crippen LogP contribution in [-0.4, -0.2) is 4.98 Å². The first kappa shape index (κ1) is 27.0. The molecule has 2 aromatic heterocycles. The molecule has 47 heavy (non-hydrogen) atoms. The van der Waals surface area contributed by atoms with Crippen molar-refractivity contribution in [2.45, 2.75) is 0 Å². The quantitative estimate of drug-likeness (QED) is 0.189. The van der Waals surface area contributed by atoms with Gasteiger partial charge in [-0.3, -0.25) is 0 Å². The normalized spacial score (nSPS) is 11.4. The van der Waals surface area contributed by atoms with E-state index in [1.165, 1.54) is 16.7 Å². The fraction of sp³-hybridized carbons (Fsp3) is 0. The lowest BCUT2D eigenvalue weighted by Crippen LogP contribution is -2.10. The lowest BCUT2D eigenvalue weighted by atomic mass is 10.00. The summed E-state index contributed by atoms with van der Waals surface area (Å²) in [6.07, 6.45) is 0. The molecule has 0 amide bonds. The minimum atomic E-state index is 0.601. The predicted molar refractivity (Wildman–Crippen MR) is 192 cm³/mol. The number of rotatable bonds is 6. The second-order valence-corrected chi connectivity index (χ2v) is 11.6. The van der Waals surface area contributed by atoms with Gasteiger partial charge in [0.2, 0.25) is 5.89 Å². The predicted octanol–water partition coefficient (Wildman–Crippen LogP) is 12.2. The van der Waals surface area contributed by atoms with Gasteiger partial charge >= 0.3 is 0 Å². The van der Waals surface area contributed by atoms with Crippen LogP contribution in [0.4, 0.5) is 17.1 Å². The number of hydrogen-bond acceptors (Lipinski definition) is 4. The van der Waals surface area contributed by atoms with E-state index >= 15 is 0 Å². The van der Waals surface area contributed by atoms with Gasteiger partial charge in [-0.2, -0.15) is 0 Å². The van der Waals surface area contributed by atoms with E-state index in [-0.39, 0.29) is 0 Å². The third-order valence-electron chi connectivity index (χ3n) is 8.71. The van der Waals surface area contributed by atoms with Gasteiger partial charge in [0.15, 0.2) is 11.2 Å². The zero-order chi connectivity index (χ0) is 31.2. The van der Waals surface area contributed by atoms with Gasteiger partial charge in [-0.15, -0.1) is 0 Å². The van der Waals surface area contributed by atoms with Crippen LogP contribution < -0.4 is 4.90 Å². The first-order valence-electron chi connectivity index (χ1n) is 15.7. The maximum Gasteiger partial charge on any atom is 0.227 e. The van der Waals surface area contributed by atoms with Gasteiger partial charge in [0, 0.05) is 33.8 Å². The molecule has 9 rings (SSSR count). The van der Waals surface area contributed by atoms with Gasteiger partial charge in [0.1, 0.15) is 11.1 Å². The number of anilines is 3. The van der Waals surface area contributed by atoms with Gasteiger partial charge < -0.3 is 13.7 Å². The van der Waals surface area contributed by atoms with Crippen molar-refractivity contribution in [3.8, 4) is 33.7 Å². The topological polar surface area (TPSA) is 42.4 Å². The van der Waals surface area contributed by atoms with Crippen LogP contribution >= 0.6 is 0 Å². The fourth-order valence-corrected chi connectivity index (χ4v) is 6.38. The van der Waals surface area contributed by atoms with E-state index in [1.54, 1.807) is 0 Å². The molecule has 0 radical (unpaired) electrons. The molecule has 0 fully saturated rings. The third-order valence-corrected chi connectivity index (χ3v) is 8.71. The molecule has 0 N–H and O–H groups in total. The van der Waals surface area contributed by atoms with Gasteiger partial charge in [0.25, 0.3) is 0 Å². The minimum absolute atomic E-state index is 0.601. The summed E-state index contributed by atoms with van der Waals surface area (Å²) >= 11 is 0. The summed E-state index contributed by atoms with van der Waals surface area (Å²) in [6, 6.07) is 58.7. The number of aromatic nitrogens is 1. The number of benzene rings is 7. The van der Waals surface area contributed by atoms with Crippen LogP contribution in [0.5, 0.6) is 0 Å². The monoisotopic (exact) mass is 604 g/mol. The minimum Gasteiger partial charge on any atom is -0.454 e. The van der Waals surface area contributed by atoms with Crippen molar-refractivity contribution in [2.24, 2.45) is 0 Å². The third kappa shape index (κ3) is 4.84. The molecule has 0 saturated heterocycles. The first-order chi connectivity index (χ1) is 23.3. The molecular formula is C43H28N2O2. The lowest BCUT2D eigenvalue weighted by Gasteiger charge is -2.25. The zero-order valence-corrected chi connectivity index (χ0v) is 25.4. The molecule has 0 atom stereocenters. The van der Waals surface area contributed by atoms with Crippen molar-refractivity contribution in [1.29, 1.82) is 0 Å². The Hall–Kier alpha value is -6.39. The molecule has 2 heterocycles. The second kappa shape index (κ2) is 11.2. The van der Waals surface area contributed by atoms with Crippen LogP contribution in [-0.2, 0) is 0 Å². The zero-order valence-electron chi connectivity index (χ0n) is 25.4. The molecule has 0 unspecified atom stereocenters. The van der Waals surface area contributed by atoms with Gasteiger partial charge in [0.05, 0.1) is 5.69 Å². The van der Waals surface area contributed by atoms with Crippen molar-refractivity contribution in [1.82, 2.24) is 4.98 Å². The highest BCUT2D eigenvalue weighted by Crippen LogP contribution is 2.43. The summed E-state index contributed by atoms with van der Waals surface area (Å²) in [6.45, 7) is 0. The number of fused-ring (bicyclic) bond motifs is 4. The van der Waals surface area contributed by atoms with Crippen molar-refractivity contribution < 1.29 is 8.83 Å². The highest BCUT2D eigenvalue weighted by Gasteiger charge is 2.20. The van der Waals surface area contributed by atoms with E-state index in [0.29, 0.717) is 11.5 Å². The summed E-state index contributed by atoms with van der Waals surface area (Å²) in [5, 5.41) is 2.03. The van der Waals surface area contributed by atoms with Gasteiger partial charge in [-0.25, -0.2) is 4.98 Å². The Morgan fingerprint density at radius 3 is 1.62 bits per heavy atom. The average Bonchev–Trinajstić information content (AvgIpc) is 3.73. The van der Waals surface area contributed by atoms with Crippen LogP contribution in [0.3, 0.4) is 0 Å². The van der Waals surface area contributed by atoms with E-state index in [9.17, 15) is 0 Å². The van der Waals surface area contributed by atoms with Crippen LogP contribution in [0.15, 0.2) is 179 Å². The Bertz CT molecular complexity index is 2480. The molecule has 0 aliphatic carbocycles. The van der Waals surface area contributed by atoms with Crippen molar-refractivity contribution in [2.75, 3.05) is 4.90 Å². The molecule has 222 valence electrons. The highest BCUT2D eigenvalue weighted by molar-refractivity contribution is 6.13. The van der Waals surface area contributed by atoms with E-state index < -0.39 is 0 Å². The maximum atomic E-state index is 6.64. The summed E-state index contributed by atoms with van der Waals surface area (Å²) in [5.74, 6) is 0.601. The van der Waals surface area contributed by atoms with Crippen molar-refractivity contribution >= 4 is 50.1 Å². The Kier molecular flexibility index (Phi) is 6.43. The highest BCUT2D eigenvalue weighted by atomic mass is 16.4. The molecule has 0 bridgehead atoms. The van der Waals surface area contributed by atoms with Crippen molar-refractivity contribution in [3.05, 3.63) is 170 Å². The van der Waals surface area contributed by atoms with E-state index in [4.69, 9.17) is 13.8 Å². The van der Waals surface area contributed by atoms with Crippen molar-refractivity contribution in [3.63, 3.8) is 0 Å². The van der Waals surface area contributed by atoms with Crippen LogP contribution in [0.1, 0.15) is 0 Å². The Morgan fingerprint density at radius 2 is 0.957 bits per heavy atom. The molecule has 0 spiro atoms. The van der Waals surface area contributed by atoms with Gasteiger partial charge in [-0.05, 0) is 70.8 Å². The number of furan rings is 1. The average molecular weight is 605 g/mol. The van der Waals surface area contributed by atoms with Crippen LogP contribution in [0.2, 0.25) is 0 Å². The SMILES string of the molecule is c1ccc(-c2ccc(-c3ccc(N(c4ccccc4)c4cccc5c4oc4cc6oc(-c7ccccc7)nc6cc45)cc3)cc2)cc1. The first-order valence-corrected chi connectivity index (χ1v) is 15.7. The maximum absolute atomic E-state index is 6.64. The summed E-state index contributed by atoms with van der Waals surface area (Å²) in [4.78, 5) is 7.06. The molecular weight excluding hydrogens is 576 g/mol. The smallest absolute Gasteiger partial charge is 0.227 e. The largest absolute Gasteiger partial charge is 0.454 e. The molecule has 0 aliphatic heterocycles. The Balaban J connectivity index is 1.12. The molecule has 4 heteroatoms. The summed E-state index contributed by atoms with van der Waals surface area (Å²) in [7, 11) is 0. The molecule has 0 aliphatic rings. The lowest BCUT2D eigenvalue weighted by molar-refractivity contribution is 0.617. The van der Waals surface area contributed by atoms with E-state index in [2.05, 4.69) is 126 Å². The fourth-order valence-electron chi connectivity index (χ4n) is 6.38.